The van der Waals surface area contributed by atoms with Gasteiger partial charge in [-0.1, -0.05) is 13.8 Å². The normalized spacial score (nSPS) is 12.7. The fraction of sp³-hybridized carbons (Fsp3) is 0.467. The van der Waals surface area contributed by atoms with Crippen molar-refractivity contribution in [3.8, 4) is 0 Å². The van der Waals surface area contributed by atoms with Crippen LogP contribution in [0.2, 0.25) is 0 Å². The van der Waals surface area contributed by atoms with Gasteiger partial charge < -0.3 is 14.5 Å². The summed E-state index contributed by atoms with van der Waals surface area (Å²) in [5, 5.41) is 3.09. The summed E-state index contributed by atoms with van der Waals surface area (Å²) in [5.74, 6) is 1.09. The van der Waals surface area contributed by atoms with Crippen molar-refractivity contribution in [2.75, 3.05) is 0 Å². The third-order valence-electron chi connectivity index (χ3n) is 3.72. The summed E-state index contributed by atoms with van der Waals surface area (Å²) in [6.07, 6.45) is 5.55. The Morgan fingerprint density at radius 1 is 1.25 bits per heavy atom. The highest BCUT2D eigenvalue weighted by Gasteiger charge is 2.23. The number of hydrogen-bond acceptors (Lipinski definition) is 2. The molecule has 2 aromatic rings. The van der Waals surface area contributed by atoms with Crippen LogP contribution in [0.5, 0.6) is 0 Å². The van der Waals surface area contributed by atoms with Crippen LogP contribution in [0.4, 0.5) is 0 Å². The number of carbonyl (C=O) groups excluding carboxylic acids is 1. The van der Waals surface area contributed by atoms with Gasteiger partial charge in [-0.05, 0) is 18.9 Å². The maximum atomic E-state index is 12.4. The molecule has 1 amide bonds. The number of hydrogen-bond donors (Lipinski definition) is 1. The fourth-order valence-corrected chi connectivity index (χ4v) is 2.27. The summed E-state index contributed by atoms with van der Waals surface area (Å²) < 4.78 is 3.89. The van der Waals surface area contributed by atoms with Crippen LogP contribution in [-0.2, 0) is 14.1 Å². The molecule has 0 spiro atoms. The standard InChI is InChI=1S/C15H22N4O/c1-10(2)13(14-16-7-9-19(14)5)17-15(20)12-6-8-18(4)11(12)3/h6-10,13H,1-5H3,(H,17,20)/t13-/m1/s1. The molecule has 0 fully saturated rings. The lowest BCUT2D eigenvalue weighted by Crippen LogP contribution is -2.33. The van der Waals surface area contributed by atoms with Crippen molar-refractivity contribution >= 4 is 5.91 Å². The Kier molecular flexibility index (Phi) is 3.97. The number of rotatable bonds is 4. The number of aryl methyl sites for hydroxylation is 2. The van der Waals surface area contributed by atoms with Crippen molar-refractivity contribution < 1.29 is 4.79 Å². The topological polar surface area (TPSA) is 51.9 Å². The zero-order valence-corrected chi connectivity index (χ0v) is 12.7. The van der Waals surface area contributed by atoms with Gasteiger partial charge in [0.15, 0.2) is 0 Å². The molecule has 0 aliphatic rings. The fourth-order valence-electron chi connectivity index (χ4n) is 2.27. The third kappa shape index (κ3) is 2.61. The second kappa shape index (κ2) is 5.53. The number of imidazole rings is 1. The Balaban J connectivity index is 2.24. The van der Waals surface area contributed by atoms with E-state index < -0.39 is 0 Å². The van der Waals surface area contributed by atoms with Gasteiger partial charge in [0.25, 0.3) is 5.91 Å². The molecule has 0 saturated heterocycles. The maximum Gasteiger partial charge on any atom is 0.253 e. The molecule has 20 heavy (non-hydrogen) atoms. The molecule has 2 aromatic heterocycles. The van der Waals surface area contributed by atoms with E-state index in [1.165, 1.54) is 0 Å². The molecule has 0 bridgehead atoms. The SMILES string of the molecule is Cc1c(C(=O)N[C@@H](c2nccn2C)C(C)C)ccn1C. The van der Waals surface area contributed by atoms with Crippen LogP contribution in [0.15, 0.2) is 24.7 Å². The first-order valence-electron chi connectivity index (χ1n) is 6.81. The largest absolute Gasteiger partial charge is 0.354 e. The van der Waals surface area contributed by atoms with Gasteiger partial charge in [-0.2, -0.15) is 0 Å². The molecule has 1 atom stereocenters. The Bertz CT molecular complexity index is 609. The molecule has 2 heterocycles. The first kappa shape index (κ1) is 14.4. The van der Waals surface area contributed by atoms with Crippen molar-refractivity contribution in [2.24, 2.45) is 20.0 Å². The summed E-state index contributed by atoms with van der Waals surface area (Å²) in [5.41, 5.74) is 1.68. The van der Waals surface area contributed by atoms with Crippen LogP contribution in [0, 0.1) is 12.8 Å². The summed E-state index contributed by atoms with van der Waals surface area (Å²) >= 11 is 0. The van der Waals surface area contributed by atoms with Crippen molar-refractivity contribution in [2.45, 2.75) is 26.8 Å². The van der Waals surface area contributed by atoms with Crippen molar-refractivity contribution in [1.82, 2.24) is 19.4 Å². The number of amides is 1. The second-order valence-electron chi connectivity index (χ2n) is 5.52. The number of nitrogens with one attached hydrogen (secondary N) is 1. The average Bonchev–Trinajstić information content (AvgIpc) is 2.94. The van der Waals surface area contributed by atoms with Gasteiger partial charge in [-0.25, -0.2) is 4.98 Å². The minimum atomic E-state index is -0.0953. The van der Waals surface area contributed by atoms with E-state index in [9.17, 15) is 4.79 Å². The number of carbonyl (C=O) groups is 1. The van der Waals surface area contributed by atoms with E-state index in [4.69, 9.17) is 0 Å². The molecule has 1 N–H and O–H groups in total. The molecule has 2 rings (SSSR count). The molecule has 0 radical (unpaired) electrons. The van der Waals surface area contributed by atoms with E-state index in [0.717, 1.165) is 11.5 Å². The maximum absolute atomic E-state index is 12.4. The molecule has 5 heteroatoms. The Morgan fingerprint density at radius 2 is 1.95 bits per heavy atom. The van der Waals surface area contributed by atoms with E-state index in [1.807, 2.05) is 48.6 Å². The van der Waals surface area contributed by atoms with Crippen LogP contribution in [0.1, 0.15) is 41.8 Å². The van der Waals surface area contributed by atoms with Gasteiger partial charge in [0.1, 0.15) is 5.82 Å². The number of aromatic nitrogens is 3. The van der Waals surface area contributed by atoms with Crippen LogP contribution in [0.3, 0.4) is 0 Å². The van der Waals surface area contributed by atoms with Gasteiger partial charge >= 0.3 is 0 Å². The first-order valence-corrected chi connectivity index (χ1v) is 6.81. The van der Waals surface area contributed by atoms with Gasteiger partial charge in [0.05, 0.1) is 11.6 Å². The average molecular weight is 274 g/mol. The second-order valence-corrected chi connectivity index (χ2v) is 5.52. The van der Waals surface area contributed by atoms with E-state index in [0.29, 0.717) is 5.56 Å². The molecule has 0 unspecified atom stereocenters. The minimum absolute atomic E-state index is 0.0511. The lowest BCUT2D eigenvalue weighted by molar-refractivity contribution is 0.0921. The monoisotopic (exact) mass is 274 g/mol. The van der Waals surface area contributed by atoms with Crippen LogP contribution in [-0.4, -0.2) is 20.0 Å². The Labute approximate surface area is 119 Å². The van der Waals surface area contributed by atoms with Gasteiger partial charge in [-0.15, -0.1) is 0 Å². The lowest BCUT2D eigenvalue weighted by Gasteiger charge is -2.22. The van der Waals surface area contributed by atoms with Crippen molar-refractivity contribution in [3.05, 3.63) is 41.7 Å². The van der Waals surface area contributed by atoms with Gasteiger partial charge in [0.2, 0.25) is 0 Å². The van der Waals surface area contributed by atoms with Gasteiger partial charge in [0, 0.05) is 38.4 Å². The van der Waals surface area contributed by atoms with E-state index >= 15 is 0 Å². The molecule has 0 aliphatic carbocycles. The quantitative estimate of drug-likeness (QED) is 0.929. The van der Waals surface area contributed by atoms with E-state index in [-0.39, 0.29) is 17.9 Å². The third-order valence-corrected chi connectivity index (χ3v) is 3.72. The smallest absolute Gasteiger partial charge is 0.253 e. The van der Waals surface area contributed by atoms with Crippen LogP contribution < -0.4 is 5.32 Å². The van der Waals surface area contributed by atoms with Crippen molar-refractivity contribution in [1.29, 1.82) is 0 Å². The zero-order chi connectivity index (χ0) is 14.9. The molecule has 108 valence electrons. The van der Waals surface area contributed by atoms with Crippen LogP contribution in [0.25, 0.3) is 0 Å². The summed E-state index contributed by atoms with van der Waals surface area (Å²) in [6, 6.07) is 1.75. The lowest BCUT2D eigenvalue weighted by atomic mass is 10.0. The van der Waals surface area contributed by atoms with Crippen molar-refractivity contribution in [3.63, 3.8) is 0 Å². The van der Waals surface area contributed by atoms with Gasteiger partial charge in [-0.3, -0.25) is 4.79 Å². The minimum Gasteiger partial charge on any atom is -0.354 e. The zero-order valence-electron chi connectivity index (χ0n) is 12.7. The predicted octanol–water partition coefficient (Wildman–Crippen LogP) is 2.19. The molecular weight excluding hydrogens is 252 g/mol. The Morgan fingerprint density at radius 3 is 2.40 bits per heavy atom. The molecule has 5 nitrogen and oxygen atoms in total. The molecule has 0 aromatic carbocycles. The van der Waals surface area contributed by atoms with E-state index in [2.05, 4.69) is 24.1 Å². The number of nitrogens with zero attached hydrogens (tertiary/aromatic N) is 3. The first-order chi connectivity index (χ1) is 9.41. The highest BCUT2D eigenvalue weighted by molar-refractivity contribution is 5.95. The molecule has 0 saturated carbocycles. The van der Waals surface area contributed by atoms with Crippen LogP contribution >= 0.6 is 0 Å². The summed E-state index contributed by atoms with van der Waals surface area (Å²) in [6.45, 7) is 6.11. The highest BCUT2D eigenvalue weighted by Crippen LogP contribution is 2.21. The predicted molar refractivity (Wildman–Crippen MR) is 78.4 cm³/mol. The Hall–Kier alpha value is -2.04. The molecular formula is C15H22N4O. The highest BCUT2D eigenvalue weighted by atomic mass is 16.1. The molecule has 0 aliphatic heterocycles. The van der Waals surface area contributed by atoms with E-state index in [1.54, 1.807) is 6.20 Å². The summed E-state index contributed by atoms with van der Waals surface area (Å²) in [7, 11) is 3.88. The summed E-state index contributed by atoms with van der Waals surface area (Å²) in [4.78, 5) is 16.8.